The van der Waals surface area contributed by atoms with Gasteiger partial charge in [-0.25, -0.2) is 9.37 Å². The quantitative estimate of drug-likeness (QED) is 0.690. The van der Waals surface area contributed by atoms with E-state index in [1.54, 1.807) is 13.0 Å². The average molecular weight is 363 g/mol. The van der Waals surface area contributed by atoms with Gasteiger partial charge in [0.1, 0.15) is 22.8 Å². The first-order chi connectivity index (χ1) is 12.0. The van der Waals surface area contributed by atoms with E-state index in [9.17, 15) is 9.18 Å². The van der Waals surface area contributed by atoms with Crippen molar-refractivity contribution in [3.05, 3.63) is 52.9 Å². The SMILES string of the molecule is C[C@H](NC(=O)c1coc(COc2cccc(F)c2)n1)c1nnc(N)s1. The van der Waals surface area contributed by atoms with Gasteiger partial charge in [0, 0.05) is 6.07 Å². The van der Waals surface area contributed by atoms with Gasteiger partial charge in [-0.05, 0) is 19.1 Å². The lowest BCUT2D eigenvalue weighted by atomic mass is 10.3. The second-order valence-electron chi connectivity index (χ2n) is 5.05. The average Bonchev–Trinajstić information content (AvgIpc) is 3.22. The van der Waals surface area contributed by atoms with E-state index in [0.717, 1.165) is 0 Å². The molecule has 25 heavy (non-hydrogen) atoms. The fourth-order valence-corrected chi connectivity index (χ4v) is 2.55. The topological polar surface area (TPSA) is 116 Å². The molecule has 3 rings (SSSR count). The number of carbonyl (C=O) groups excluding carboxylic acids is 1. The van der Waals surface area contributed by atoms with Crippen molar-refractivity contribution < 1.29 is 18.3 Å². The summed E-state index contributed by atoms with van der Waals surface area (Å²) in [6.07, 6.45) is 1.22. The van der Waals surface area contributed by atoms with Crippen LogP contribution in [0.5, 0.6) is 5.75 Å². The number of benzene rings is 1. The molecule has 10 heteroatoms. The Hall–Kier alpha value is -3.01. The first kappa shape index (κ1) is 16.8. The number of anilines is 1. The number of hydrogen-bond donors (Lipinski definition) is 2. The van der Waals surface area contributed by atoms with Gasteiger partial charge in [0.15, 0.2) is 12.3 Å². The Balaban J connectivity index is 1.57. The van der Waals surface area contributed by atoms with Gasteiger partial charge in [-0.15, -0.1) is 10.2 Å². The molecular formula is C15H14FN5O3S. The highest BCUT2D eigenvalue weighted by Crippen LogP contribution is 2.19. The number of aromatic nitrogens is 3. The Morgan fingerprint density at radius 3 is 3.04 bits per heavy atom. The number of oxazole rings is 1. The monoisotopic (exact) mass is 363 g/mol. The molecule has 3 N–H and O–H groups in total. The molecule has 0 aliphatic heterocycles. The Labute approximate surface area is 145 Å². The highest BCUT2D eigenvalue weighted by molar-refractivity contribution is 7.15. The van der Waals surface area contributed by atoms with Crippen LogP contribution in [-0.2, 0) is 6.61 Å². The standard InChI is InChI=1S/C15H14FN5O3S/c1-8(14-20-21-15(17)25-14)18-13(22)11-6-24-12(19-11)7-23-10-4-2-3-9(16)5-10/h2-6,8H,7H2,1H3,(H2,17,21)(H,18,22)/t8-/m0/s1. The van der Waals surface area contributed by atoms with Gasteiger partial charge in [0.05, 0.1) is 6.04 Å². The van der Waals surface area contributed by atoms with E-state index in [-0.39, 0.29) is 24.2 Å². The number of rotatable bonds is 6. The van der Waals surface area contributed by atoms with E-state index in [1.165, 1.54) is 35.8 Å². The van der Waals surface area contributed by atoms with Gasteiger partial charge in [0.2, 0.25) is 11.0 Å². The first-order valence-corrected chi connectivity index (χ1v) is 8.05. The molecule has 0 fully saturated rings. The van der Waals surface area contributed by atoms with E-state index >= 15 is 0 Å². The summed E-state index contributed by atoms with van der Waals surface area (Å²) in [5.74, 6) is -0.299. The summed E-state index contributed by atoms with van der Waals surface area (Å²) in [6, 6.07) is 5.32. The minimum absolute atomic E-state index is 0.0286. The molecule has 0 saturated heterocycles. The van der Waals surface area contributed by atoms with E-state index in [1.807, 2.05) is 0 Å². The van der Waals surface area contributed by atoms with Gasteiger partial charge < -0.3 is 20.2 Å². The minimum Gasteiger partial charge on any atom is -0.484 e. The first-order valence-electron chi connectivity index (χ1n) is 7.24. The van der Waals surface area contributed by atoms with Crippen LogP contribution in [-0.4, -0.2) is 21.1 Å². The third-order valence-electron chi connectivity index (χ3n) is 3.12. The number of nitrogen functional groups attached to an aromatic ring is 1. The summed E-state index contributed by atoms with van der Waals surface area (Å²) < 4.78 is 23.6. The fourth-order valence-electron chi connectivity index (χ4n) is 1.94. The number of nitrogens with two attached hydrogens (primary N) is 1. The number of halogens is 1. The maximum atomic E-state index is 13.1. The van der Waals surface area contributed by atoms with Crippen LogP contribution in [0.1, 0.15) is 34.4 Å². The fraction of sp³-hybridized carbons (Fsp3) is 0.200. The van der Waals surface area contributed by atoms with Gasteiger partial charge in [-0.1, -0.05) is 17.4 Å². The van der Waals surface area contributed by atoms with E-state index in [4.69, 9.17) is 14.9 Å². The zero-order valence-electron chi connectivity index (χ0n) is 13.1. The molecule has 2 heterocycles. The maximum absolute atomic E-state index is 13.1. The third kappa shape index (κ3) is 4.29. The third-order valence-corrected chi connectivity index (χ3v) is 4.05. The zero-order chi connectivity index (χ0) is 17.8. The predicted octanol–water partition coefficient (Wildman–Crippen LogP) is 2.32. The highest BCUT2D eigenvalue weighted by atomic mass is 32.1. The minimum atomic E-state index is -0.429. The van der Waals surface area contributed by atoms with Crippen molar-refractivity contribution in [1.29, 1.82) is 0 Å². The van der Waals surface area contributed by atoms with Crippen LogP contribution in [0.15, 0.2) is 34.9 Å². The van der Waals surface area contributed by atoms with Crippen molar-refractivity contribution >= 4 is 22.4 Å². The van der Waals surface area contributed by atoms with E-state index in [0.29, 0.717) is 15.9 Å². The summed E-state index contributed by atoms with van der Waals surface area (Å²) in [5.41, 5.74) is 5.62. The lowest BCUT2D eigenvalue weighted by Crippen LogP contribution is -2.26. The van der Waals surface area contributed by atoms with Crippen LogP contribution in [0.3, 0.4) is 0 Å². The number of ether oxygens (including phenoxy) is 1. The van der Waals surface area contributed by atoms with Crippen molar-refractivity contribution in [3.63, 3.8) is 0 Å². The number of hydrogen-bond acceptors (Lipinski definition) is 8. The Kier molecular flexibility index (Phi) is 4.89. The molecule has 3 aromatic rings. The van der Waals surface area contributed by atoms with Crippen LogP contribution >= 0.6 is 11.3 Å². The predicted molar refractivity (Wildman–Crippen MR) is 87.4 cm³/mol. The molecular weight excluding hydrogens is 349 g/mol. The largest absolute Gasteiger partial charge is 0.484 e. The molecule has 0 aliphatic carbocycles. The van der Waals surface area contributed by atoms with Gasteiger partial charge >= 0.3 is 0 Å². The maximum Gasteiger partial charge on any atom is 0.273 e. The summed E-state index contributed by atoms with van der Waals surface area (Å²) in [5, 5.41) is 11.2. The molecule has 0 bridgehead atoms. The summed E-state index contributed by atoms with van der Waals surface area (Å²) >= 11 is 1.19. The second kappa shape index (κ2) is 7.26. The summed E-state index contributed by atoms with van der Waals surface area (Å²) in [4.78, 5) is 16.2. The smallest absolute Gasteiger partial charge is 0.273 e. The van der Waals surface area contributed by atoms with E-state index in [2.05, 4.69) is 20.5 Å². The number of carbonyl (C=O) groups is 1. The summed E-state index contributed by atoms with van der Waals surface area (Å²) in [6.45, 7) is 1.73. The summed E-state index contributed by atoms with van der Waals surface area (Å²) in [7, 11) is 0. The Morgan fingerprint density at radius 2 is 2.32 bits per heavy atom. The number of nitrogens with zero attached hydrogens (tertiary/aromatic N) is 3. The molecule has 0 saturated carbocycles. The molecule has 8 nitrogen and oxygen atoms in total. The molecule has 0 aliphatic rings. The molecule has 0 radical (unpaired) electrons. The number of amides is 1. The Morgan fingerprint density at radius 1 is 1.48 bits per heavy atom. The molecule has 1 aromatic carbocycles. The van der Waals surface area contributed by atoms with Crippen LogP contribution in [0.25, 0.3) is 0 Å². The van der Waals surface area contributed by atoms with Gasteiger partial charge in [0.25, 0.3) is 5.91 Å². The van der Waals surface area contributed by atoms with Crippen molar-refractivity contribution in [1.82, 2.24) is 20.5 Å². The lowest BCUT2D eigenvalue weighted by molar-refractivity contribution is 0.0934. The Bertz CT molecular complexity index is 881. The van der Waals surface area contributed by atoms with Crippen molar-refractivity contribution in [2.24, 2.45) is 0 Å². The zero-order valence-corrected chi connectivity index (χ0v) is 13.9. The molecule has 0 unspecified atom stereocenters. The van der Waals surface area contributed by atoms with Crippen LogP contribution in [0, 0.1) is 5.82 Å². The number of nitrogens with one attached hydrogen (secondary N) is 1. The van der Waals surface area contributed by atoms with Crippen molar-refractivity contribution in [3.8, 4) is 5.75 Å². The molecule has 1 atom stereocenters. The lowest BCUT2D eigenvalue weighted by Gasteiger charge is -2.08. The van der Waals surface area contributed by atoms with Crippen LogP contribution < -0.4 is 15.8 Å². The van der Waals surface area contributed by atoms with Gasteiger partial charge in [-0.3, -0.25) is 4.79 Å². The van der Waals surface area contributed by atoms with E-state index < -0.39 is 11.7 Å². The second-order valence-corrected chi connectivity index (χ2v) is 6.09. The normalized spacial score (nSPS) is 11.9. The molecule has 2 aromatic heterocycles. The molecule has 0 spiro atoms. The van der Waals surface area contributed by atoms with Crippen molar-refractivity contribution in [2.45, 2.75) is 19.6 Å². The van der Waals surface area contributed by atoms with Gasteiger partial charge in [-0.2, -0.15) is 0 Å². The van der Waals surface area contributed by atoms with Crippen LogP contribution in [0.2, 0.25) is 0 Å². The van der Waals surface area contributed by atoms with Crippen LogP contribution in [0.4, 0.5) is 9.52 Å². The highest BCUT2D eigenvalue weighted by Gasteiger charge is 2.18. The van der Waals surface area contributed by atoms with Crippen molar-refractivity contribution in [2.75, 3.05) is 5.73 Å². The molecule has 130 valence electrons. The molecule has 1 amide bonds.